The normalized spacial score (nSPS) is 47.4. The number of carbonyl (C=O) groups is 1. The molecule has 0 radical (unpaired) electrons. The summed E-state index contributed by atoms with van der Waals surface area (Å²) < 4.78 is 47.1. The first kappa shape index (κ1) is 23.0. The Morgan fingerprint density at radius 2 is 1.52 bits per heavy atom. The summed E-state index contributed by atoms with van der Waals surface area (Å²) in [5.41, 5.74) is 0. The second-order valence-corrected chi connectivity index (χ2v) is 8.30. The standard InChI is InChI=1S/C20H34O9/c1-10-14(22-5)18(24-7)15(11(2)26-10)28-19-12(8-21)16(23-6)17-13(27-19)9-25-20(3,4)29-17/h8,10-19H,9H2,1-7H3. The predicted octanol–water partition coefficient (Wildman–Crippen LogP) is 0.915. The van der Waals surface area contributed by atoms with Crippen molar-refractivity contribution >= 4 is 6.29 Å². The van der Waals surface area contributed by atoms with Gasteiger partial charge in [0, 0.05) is 21.3 Å². The van der Waals surface area contributed by atoms with Crippen LogP contribution in [0.25, 0.3) is 0 Å². The zero-order valence-electron chi connectivity index (χ0n) is 18.2. The Morgan fingerprint density at radius 1 is 0.897 bits per heavy atom. The highest BCUT2D eigenvalue weighted by atomic mass is 16.8. The van der Waals surface area contributed by atoms with E-state index in [1.54, 1.807) is 21.3 Å². The fourth-order valence-electron chi connectivity index (χ4n) is 4.55. The number of rotatable bonds is 6. The monoisotopic (exact) mass is 418 g/mol. The highest BCUT2D eigenvalue weighted by molar-refractivity contribution is 5.56. The molecule has 168 valence electrons. The zero-order chi connectivity index (χ0) is 21.3. The van der Waals surface area contributed by atoms with E-state index in [4.69, 9.17) is 37.9 Å². The van der Waals surface area contributed by atoms with Crippen molar-refractivity contribution in [2.45, 2.75) is 88.6 Å². The average molecular weight is 418 g/mol. The van der Waals surface area contributed by atoms with Crippen LogP contribution in [0, 0.1) is 5.92 Å². The molecule has 0 aliphatic carbocycles. The minimum atomic E-state index is -0.855. The second kappa shape index (κ2) is 9.23. The molecule has 3 rings (SSSR count). The summed E-state index contributed by atoms with van der Waals surface area (Å²) >= 11 is 0. The smallest absolute Gasteiger partial charge is 0.170 e. The number of fused-ring (bicyclic) bond motifs is 1. The van der Waals surface area contributed by atoms with Gasteiger partial charge in [0.1, 0.15) is 42.9 Å². The molecule has 10 unspecified atom stereocenters. The first-order valence-corrected chi connectivity index (χ1v) is 10.1. The third-order valence-corrected chi connectivity index (χ3v) is 5.97. The molecule has 0 bridgehead atoms. The third kappa shape index (κ3) is 4.52. The van der Waals surface area contributed by atoms with Crippen molar-refractivity contribution in [1.29, 1.82) is 0 Å². The molecule has 0 aromatic rings. The maximum absolute atomic E-state index is 12.0. The van der Waals surface area contributed by atoms with Crippen molar-refractivity contribution in [3.8, 4) is 0 Å². The van der Waals surface area contributed by atoms with Gasteiger partial charge in [-0.05, 0) is 27.7 Å². The molecule has 10 atom stereocenters. The lowest BCUT2D eigenvalue weighted by molar-refractivity contribution is -0.385. The van der Waals surface area contributed by atoms with E-state index in [2.05, 4.69) is 0 Å². The number of methoxy groups -OCH3 is 3. The van der Waals surface area contributed by atoms with Gasteiger partial charge in [-0.25, -0.2) is 0 Å². The van der Waals surface area contributed by atoms with Crippen LogP contribution in [0.3, 0.4) is 0 Å². The Balaban J connectivity index is 1.81. The molecule has 9 nitrogen and oxygen atoms in total. The van der Waals surface area contributed by atoms with Gasteiger partial charge in [0.15, 0.2) is 12.1 Å². The van der Waals surface area contributed by atoms with Crippen LogP contribution in [0.5, 0.6) is 0 Å². The van der Waals surface area contributed by atoms with E-state index >= 15 is 0 Å². The SMILES string of the molecule is COC1C(C)OC(C)C(OC2OC3COC(C)(C)OC3C(OC)C2C=O)C1OC. The molecule has 3 aliphatic rings. The van der Waals surface area contributed by atoms with Gasteiger partial charge in [-0.1, -0.05) is 0 Å². The molecule has 0 aromatic heterocycles. The van der Waals surface area contributed by atoms with E-state index in [-0.39, 0.29) is 24.4 Å². The average Bonchev–Trinajstić information content (AvgIpc) is 2.68. The summed E-state index contributed by atoms with van der Waals surface area (Å²) in [6.45, 7) is 7.80. The molecule has 0 aromatic carbocycles. The largest absolute Gasteiger partial charge is 0.378 e. The summed E-state index contributed by atoms with van der Waals surface area (Å²) in [4.78, 5) is 12.0. The Morgan fingerprint density at radius 3 is 2.10 bits per heavy atom. The van der Waals surface area contributed by atoms with Crippen LogP contribution in [0.1, 0.15) is 27.7 Å². The topological polar surface area (TPSA) is 90.9 Å². The molecule has 3 saturated heterocycles. The first-order chi connectivity index (χ1) is 13.8. The summed E-state index contributed by atoms with van der Waals surface area (Å²) in [5, 5.41) is 0. The molecule has 0 N–H and O–H groups in total. The van der Waals surface area contributed by atoms with Crippen LogP contribution >= 0.6 is 0 Å². The van der Waals surface area contributed by atoms with Crippen LogP contribution < -0.4 is 0 Å². The van der Waals surface area contributed by atoms with Crippen molar-refractivity contribution in [3.05, 3.63) is 0 Å². The van der Waals surface area contributed by atoms with Crippen LogP contribution in [0.4, 0.5) is 0 Å². The minimum Gasteiger partial charge on any atom is -0.378 e. The van der Waals surface area contributed by atoms with Gasteiger partial charge >= 0.3 is 0 Å². The number of carbonyl (C=O) groups excluding carboxylic acids is 1. The first-order valence-electron chi connectivity index (χ1n) is 10.1. The number of hydrogen-bond donors (Lipinski definition) is 0. The summed E-state index contributed by atoms with van der Waals surface area (Å²) in [7, 11) is 4.77. The van der Waals surface area contributed by atoms with E-state index in [0.29, 0.717) is 6.61 Å². The Hall–Kier alpha value is -0.650. The summed E-state index contributed by atoms with van der Waals surface area (Å²) in [6.07, 6.45) is -3.09. The summed E-state index contributed by atoms with van der Waals surface area (Å²) in [6, 6.07) is 0. The fraction of sp³-hybridized carbons (Fsp3) is 0.950. The maximum Gasteiger partial charge on any atom is 0.170 e. The van der Waals surface area contributed by atoms with Crippen LogP contribution in [-0.2, 0) is 42.7 Å². The lowest BCUT2D eigenvalue weighted by atomic mass is 9.90. The number of hydrogen-bond acceptors (Lipinski definition) is 9. The van der Waals surface area contributed by atoms with Crippen LogP contribution in [-0.4, -0.2) is 95.1 Å². The van der Waals surface area contributed by atoms with Gasteiger partial charge in [-0.15, -0.1) is 0 Å². The maximum atomic E-state index is 12.0. The molecular formula is C20H34O9. The Kier molecular flexibility index (Phi) is 7.33. The molecule has 0 amide bonds. The van der Waals surface area contributed by atoms with Gasteiger partial charge in [-0.2, -0.15) is 0 Å². The van der Waals surface area contributed by atoms with E-state index < -0.39 is 42.4 Å². The minimum absolute atomic E-state index is 0.160. The van der Waals surface area contributed by atoms with E-state index in [0.717, 1.165) is 6.29 Å². The number of aldehydes is 1. The summed E-state index contributed by atoms with van der Waals surface area (Å²) in [5.74, 6) is -1.46. The van der Waals surface area contributed by atoms with Crippen molar-refractivity contribution < 1.29 is 42.7 Å². The van der Waals surface area contributed by atoms with E-state index in [1.165, 1.54) is 0 Å². The Bertz CT molecular complexity index is 556. The van der Waals surface area contributed by atoms with E-state index in [1.807, 2.05) is 27.7 Å². The van der Waals surface area contributed by atoms with Gasteiger partial charge in [0.05, 0.1) is 24.7 Å². The predicted molar refractivity (Wildman–Crippen MR) is 100 cm³/mol. The number of ether oxygens (including phenoxy) is 8. The van der Waals surface area contributed by atoms with Gasteiger partial charge in [0.2, 0.25) is 0 Å². The van der Waals surface area contributed by atoms with Crippen molar-refractivity contribution in [2.75, 3.05) is 27.9 Å². The molecule has 0 saturated carbocycles. The molecule has 3 fully saturated rings. The molecular weight excluding hydrogens is 384 g/mol. The van der Waals surface area contributed by atoms with Crippen LogP contribution in [0.15, 0.2) is 0 Å². The molecule has 29 heavy (non-hydrogen) atoms. The Labute approximate surface area is 172 Å². The van der Waals surface area contributed by atoms with Gasteiger partial charge < -0.3 is 42.7 Å². The molecule has 3 heterocycles. The molecule has 0 spiro atoms. The van der Waals surface area contributed by atoms with Crippen molar-refractivity contribution in [1.82, 2.24) is 0 Å². The van der Waals surface area contributed by atoms with Crippen LogP contribution in [0.2, 0.25) is 0 Å². The van der Waals surface area contributed by atoms with Crippen molar-refractivity contribution in [3.63, 3.8) is 0 Å². The lowest BCUT2D eigenvalue weighted by Crippen LogP contribution is -2.65. The van der Waals surface area contributed by atoms with Gasteiger partial charge in [-0.3, -0.25) is 0 Å². The van der Waals surface area contributed by atoms with Gasteiger partial charge in [0.25, 0.3) is 0 Å². The highest BCUT2D eigenvalue weighted by Gasteiger charge is 2.54. The van der Waals surface area contributed by atoms with Crippen molar-refractivity contribution in [2.24, 2.45) is 5.92 Å². The lowest BCUT2D eigenvalue weighted by Gasteiger charge is -2.51. The second-order valence-electron chi connectivity index (χ2n) is 8.30. The molecule has 3 aliphatic heterocycles. The zero-order valence-corrected chi connectivity index (χ0v) is 18.2. The molecule has 9 heteroatoms. The fourth-order valence-corrected chi connectivity index (χ4v) is 4.55. The van der Waals surface area contributed by atoms with E-state index in [9.17, 15) is 4.79 Å². The quantitative estimate of drug-likeness (QED) is 0.584. The third-order valence-electron chi connectivity index (χ3n) is 5.97. The highest BCUT2D eigenvalue weighted by Crippen LogP contribution is 2.38.